The maximum absolute atomic E-state index is 11.9. The second-order valence-electron chi connectivity index (χ2n) is 1.78. The Morgan fingerprint density at radius 3 is 1.73 bits per heavy atom. The first-order valence-corrected chi connectivity index (χ1v) is 2.75. The molecule has 0 radical (unpaired) electrons. The zero-order chi connectivity index (χ0) is 9.07. The molecule has 0 fully saturated rings. The molecule has 4 heteroatoms. The summed E-state index contributed by atoms with van der Waals surface area (Å²) in [6.45, 7) is 6.10. The van der Waals surface area contributed by atoms with Gasteiger partial charge in [-0.2, -0.15) is 13.2 Å². The van der Waals surface area contributed by atoms with Gasteiger partial charge in [0, 0.05) is 5.70 Å². The smallest absolute Gasteiger partial charge is 0.398 e. The number of rotatable bonds is 2. The van der Waals surface area contributed by atoms with Crippen LogP contribution >= 0.6 is 0 Å². The van der Waals surface area contributed by atoms with Crippen LogP contribution in [0.3, 0.4) is 0 Å². The van der Waals surface area contributed by atoms with Crippen molar-refractivity contribution < 1.29 is 13.2 Å². The first-order chi connectivity index (χ1) is 4.93. The first-order valence-electron chi connectivity index (χ1n) is 2.75. The van der Waals surface area contributed by atoms with Crippen molar-refractivity contribution in [2.24, 2.45) is 5.73 Å². The largest absolute Gasteiger partial charge is 0.418 e. The van der Waals surface area contributed by atoms with E-state index in [4.69, 9.17) is 5.73 Å². The maximum Gasteiger partial charge on any atom is 0.418 e. The molecule has 11 heavy (non-hydrogen) atoms. The van der Waals surface area contributed by atoms with Crippen molar-refractivity contribution in [2.75, 3.05) is 0 Å². The molecule has 0 saturated carbocycles. The molecule has 0 saturated heterocycles. The van der Waals surface area contributed by atoms with Crippen molar-refractivity contribution in [2.45, 2.75) is 6.18 Å². The number of alkyl halides is 3. The molecule has 0 aromatic heterocycles. The number of nitrogens with two attached hydrogens (primary N) is 1. The highest BCUT2D eigenvalue weighted by molar-refractivity contribution is 5.32. The van der Waals surface area contributed by atoms with E-state index in [1.807, 2.05) is 0 Å². The van der Waals surface area contributed by atoms with E-state index in [-0.39, 0.29) is 0 Å². The van der Waals surface area contributed by atoms with Gasteiger partial charge in [0.15, 0.2) is 0 Å². The van der Waals surface area contributed by atoms with Gasteiger partial charge in [-0.25, -0.2) is 0 Å². The lowest BCUT2D eigenvalue weighted by atomic mass is 10.2. The van der Waals surface area contributed by atoms with Gasteiger partial charge in [0.2, 0.25) is 0 Å². The van der Waals surface area contributed by atoms with Crippen LogP contribution in [0.15, 0.2) is 36.6 Å². The number of allylic oxidation sites excluding steroid dienone is 3. The van der Waals surface area contributed by atoms with Crippen molar-refractivity contribution in [1.29, 1.82) is 0 Å². The standard InChI is InChI=1S/C7H8F3N/c1-3-5(6(11)4-2)7(8,9)10/h3-4H,1-2,11H2/b6-5-. The van der Waals surface area contributed by atoms with Crippen LogP contribution in [0, 0.1) is 0 Å². The quantitative estimate of drug-likeness (QED) is 0.620. The van der Waals surface area contributed by atoms with Crippen LogP contribution in [0.25, 0.3) is 0 Å². The zero-order valence-electron chi connectivity index (χ0n) is 5.78. The molecule has 1 nitrogen and oxygen atoms in total. The predicted octanol–water partition coefficient (Wildman–Crippen LogP) is 2.13. The minimum atomic E-state index is -4.44. The fourth-order valence-corrected chi connectivity index (χ4v) is 0.507. The van der Waals surface area contributed by atoms with Crippen LogP contribution in [0.1, 0.15) is 0 Å². The molecule has 0 unspecified atom stereocenters. The summed E-state index contributed by atoms with van der Waals surface area (Å²) in [5, 5.41) is 0. The van der Waals surface area contributed by atoms with Crippen LogP contribution in [0.5, 0.6) is 0 Å². The second kappa shape index (κ2) is 3.27. The van der Waals surface area contributed by atoms with Gasteiger partial charge < -0.3 is 5.73 Å². The zero-order valence-corrected chi connectivity index (χ0v) is 5.78. The second-order valence-corrected chi connectivity index (χ2v) is 1.78. The lowest BCUT2D eigenvalue weighted by molar-refractivity contribution is -0.0888. The lowest BCUT2D eigenvalue weighted by Crippen LogP contribution is -2.15. The lowest BCUT2D eigenvalue weighted by Gasteiger charge is -2.08. The third-order valence-electron chi connectivity index (χ3n) is 1.04. The average molecular weight is 163 g/mol. The molecule has 2 N–H and O–H groups in total. The summed E-state index contributed by atoms with van der Waals surface area (Å²) in [6, 6.07) is 0. The summed E-state index contributed by atoms with van der Waals surface area (Å²) in [7, 11) is 0. The van der Waals surface area contributed by atoms with E-state index >= 15 is 0 Å². The van der Waals surface area contributed by atoms with E-state index in [9.17, 15) is 13.2 Å². The summed E-state index contributed by atoms with van der Waals surface area (Å²) in [6.07, 6.45) is -2.85. The maximum atomic E-state index is 11.9. The highest BCUT2D eigenvalue weighted by atomic mass is 19.4. The summed E-state index contributed by atoms with van der Waals surface area (Å²) in [4.78, 5) is 0. The van der Waals surface area contributed by atoms with Crippen LogP contribution in [0.4, 0.5) is 13.2 Å². The highest BCUT2D eigenvalue weighted by Gasteiger charge is 2.32. The van der Waals surface area contributed by atoms with Crippen molar-refractivity contribution in [1.82, 2.24) is 0 Å². The Morgan fingerprint density at radius 2 is 1.64 bits per heavy atom. The average Bonchev–Trinajstić information content (AvgIpc) is 1.86. The minimum absolute atomic E-state index is 0.410. The molecule has 0 bridgehead atoms. The Labute approximate surface area is 62.7 Å². The fourth-order valence-electron chi connectivity index (χ4n) is 0.507. The Balaban J connectivity index is 4.95. The van der Waals surface area contributed by atoms with Gasteiger partial charge in [-0.1, -0.05) is 19.2 Å². The van der Waals surface area contributed by atoms with Crippen molar-refractivity contribution >= 4 is 0 Å². The number of hydrogen-bond acceptors (Lipinski definition) is 1. The molecule has 0 amide bonds. The molecule has 0 aromatic rings. The van der Waals surface area contributed by atoms with Gasteiger partial charge in [0.1, 0.15) is 0 Å². The number of halogens is 3. The Hall–Kier alpha value is -1.19. The Morgan fingerprint density at radius 1 is 1.18 bits per heavy atom. The minimum Gasteiger partial charge on any atom is -0.398 e. The molecule has 0 atom stereocenters. The van der Waals surface area contributed by atoms with Crippen LogP contribution in [0.2, 0.25) is 0 Å². The van der Waals surface area contributed by atoms with Gasteiger partial charge >= 0.3 is 6.18 Å². The fraction of sp³-hybridized carbons (Fsp3) is 0.143. The predicted molar refractivity (Wildman–Crippen MR) is 37.7 cm³/mol. The highest BCUT2D eigenvalue weighted by Crippen LogP contribution is 2.27. The normalized spacial score (nSPS) is 13.7. The Bertz CT molecular complexity index is 200. The first kappa shape index (κ1) is 9.81. The van der Waals surface area contributed by atoms with Crippen LogP contribution < -0.4 is 5.73 Å². The van der Waals surface area contributed by atoms with Crippen molar-refractivity contribution in [3.8, 4) is 0 Å². The molecule has 0 spiro atoms. The van der Waals surface area contributed by atoms with Gasteiger partial charge in [0.25, 0.3) is 0 Å². The topological polar surface area (TPSA) is 26.0 Å². The van der Waals surface area contributed by atoms with Gasteiger partial charge in [0.05, 0.1) is 5.57 Å². The van der Waals surface area contributed by atoms with Crippen LogP contribution in [-0.4, -0.2) is 6.18 Å². The molecule has 0 heterocycles. The molecule has 0 aliphatic carbocycles. The van der Waals surface area contributed by atoms with Gasteiger partial charge in [-0.05, 0) is 6.08 Å². The van der Waals surface area contributed by atoms with E-state index in [0.29, 0.717) is 6.08 Å². The summed E-state index contributed by atoms with van der Waals surface area (Å²) >= 11 is 0. The summed E-state index contributed by atoms with van der Waals surface area (Å²) in [5.41, 5.74) is 3.62. The molecule has 0 aromatic carbocycles. The molecule has 0 aliphatic rings. The van der Waals surface area contributed by atoms with E-state index in [1.165, 1.54) is 0 Å². The number of hydrogen-bond donors (Lipinski definition) is 1. The Kier molecular flexibility index (Phi) is 2.92. The van der Waals surface area contributed by atoms with E-state index in [2.05, 4.69) is 13.2 Å². The molecular weight excluding hydrogens is 155 g/mol. The summed E-state index contributed by atoms with van der Waals surface area (Å²) < 4.78 is 35.7. The SMILES string of the molecule is C=C/C(N)=C(\C=C)C(F)(F)F. The van der Waals surface area contributed by atoms with Gasteiger partial charge in [-0.3, -0.25) is 0 Å². The third kappa shape index (κ3) is 2.49. The van der Waals surface area contributed by atoms with E-state index in [0.717, 1.165) is 6.08 Å². The van der Waals surface area contributed by atoms with Gasteiger partial charge in [-0.15, -0.1) is 0 Å². The van der Waals surface area contributed by atoms with Crippen molar-refractivity contribution in [3.05, 3.63) is 36.6 Å². The van der Waals surface area contributed by atoms with E-state index < -0.39 is 17.4 Å². The molecule has 0 rings (SSSR count). The third-order valence-corrected chi connectivity index (χ3v) is 1.04. The molecular formula is C7H8F3N. The van der Waals surface area contributed by atoms with E-state index in [1.54, 1.807) is 0 Å². The molecule has 0 aliphatic heterocycles. The van der Waals surface area contributed by atoms with Crippen LogP contribution in [-0.2, 0) is 0 Å². The van der Waals surface area contributed by atoms with Crippen molar-refractivity contribution in [3.63, 3.8) is 0 Å². The molecule has 62 valence electrons. The summed E-state index contributed by atoms with van der Waals surface area (Å²) in [5.74, 6) is 0. The monoisotopic (exact) mass is 163 g/mol.